The van der Waals surface area contributed by atoms with Gasteiger partial charge in [-0.2, -0.15) is 0 Å². The molecule has 0 saturated heterocycles. The molecule has 0 fully saturated rings. The van der Waals surface area contributed by atoms with Crippen LogP contribution in [-0.4, -0.2) is 36.4 Å². The molecule has 1 N–H and O–H groups in total. The number of aliphatic hydroxyl groups is 1. The van der Waals surface area contributed by atoms with Gasteiger partial charge in [0.25, 0.3) is 0 Å². The van der Waals surface area contributed by atoms with Crippen molar-refractivity contribution in [1.82, 2.24) is 0 Å². The first kappa shape index (κ1) is 69.8. The van der Waals surface area contributed by atoms with Gasteiger partial charge in [-0.3, -0.25) is 9.59 Å². The van der Waals surface area contributed by atoms with Gasteiger partial charge in [-0.15, -0.1) is 0 Å². The van der Waals surface area contributed by atoms with E-state index in [0.717, 1.165) is 96.3 Å². The van der Waals surface area contributed by atoms with E-state index in [0.29, 0.717) is 12.8 Å². The van der Waals surface area contributed by atoms with Gasteiger partial charge in [-0.1, -0.05) is 288 Å². The van der Waals surface area contributed by atoms with Gasteiger partial charge >= 0.3 is 11.9 Å². The molecule has 5 heteroatoms. The zero-order valence-electron chi connectivity index (χ0n) is 47.8. The van der Waals surface area contributed by atoms with Crippen LogP contribution in [0, 0.1) is 0 Å². The lowest BCUT2D eigenvalue weighted by atomic mass is 10.0. The van der Waals surface area contributed by atoms with E-state index < -0.39 is 6.10 Å². The van der Waals surface area contributed by atoms with Crippen molar-refractivity contribution in [3.05, 3.63) is 146 Å². The fourth-order valence-electron chi connectivity index (χ4n) is 8.17. The number of allylic oxidation sites excluding steroid dienone is 24. The molecule has 0 aromatic carbocycles. The second-order valence-corrected chi connectivity index (χ2v) is 19.7. The highest BCUT2D eigenvalue weighted by molar-refractivity contribution is 5.70. The molecule has 1 atom stereocenters. The first-order chi connectivity index (χ1) is 36.6. The normalized spacial score (nSPS) is 13.3. The molecule has 0 bridgehead atoms. The van der Waals surface area contributed by atoms with Gasteiger partial charge in [-0.05, 0) is 103 Å². The molecule has 5 nitrogen and oxygen atoms in total. The van der Waals surface area contributed by atoms with Crippen LogP contribution < -0.4 is 0 Å². The summed E-state index contributed by atoms with van der Waals surface area (Å²) in [5, 5.41) is 9.64. The third-order valence-corrected chi connectivity index (χ3v) is 12.6. The molecule has 1 unspecified atom stereocenters. The Morgan fingerprint density at radius 1 is 0.311 bits per heavy atom. The van der Waals surface area contributed by atoms with Crippen molar-refractivity contribution in [2.75, 3.05) is 13.2 Å². The third-order valence-electron chi connectivity index (χ3n) is 12.6. The maximum atomic E-state index is 12.3. The summed E-state index contributed by atoms with van der Waals surface area (Å²) in [6.45, 7) is 3.85. The summed E-state index contributed by atoms with van der Waals surface area (Å²) in [5.41, 5.74) is 0. The second kappa shape index (κ2) is 63.1. The van der Waals surface area contributed by atoms with E-state index >= 15 is 0 Å². The lowest BCUT2D eigenvalue weighted by molar-refractivity contribution is -0.161. The molecule has 0 spiro atoms. The van der Waals surface area contributed by atoms with Crippen LogP contribution in [-0.2, 0) is 19.1 Å². The fraction of sp³-hybridized carbons (Fsp3) is 0.623. The molecule has 0 amide bonds. The van der Waals surface area contributed by atoms with E-state index in [-0.39, 0.29) is 31.6 Å². The van der Waals surface area contributed by atoms with E-state index in [9.17, 15) is 14.7 Å². The first-order valence-corrected chi connectivity index (χ1v) is 30.4. The Kier molecular flexibility index (Phi) is 59.5. The standard InChI is InChI=1S/C69H112O5/c1-3-5-7-9-11-13-15-17-19-21-23-24-25-26-27-28-29-30-31-32-33-34-35-36-37-38-39-40-41-42-43-44-46-48-50-52-54-56-58-60-62-64-69(72)74-67(65-70)66-73-68(71)63-61-59-57-55-53-51-49-47-45-22-20-18-16-14-12-10-8-6-4-2/h5-8,11-14,17-20,23-24,26-27,29-30,45,47,51,53,57,59,67,70H,3-4,9-10,15-16,21-22,25,28,31-44,46,48-50,52,54-56,58,60-66H2,1-2H3/b7-5-,8-6-,13-11-,14-12-,19-17-,20-18-,24-23-,27-26-,30-29-,47-45-,53-51-,59-57-. The lowest BCUT2D eigenvalue weighted by Gasteiger charge is -2.15. The van der Waals surface area contributed by atoms with Crippen molar-refractivity contribution in [3.8, 4) is 0 Å². The van der Waals surface area contributed by atoms with Crippen molar-refractivity contribution in [2.45, 2.75) is 264 Å². The van der Waals surface area contributed by atoms with Crippen LogP contribution in [0.5, 0.6) is 0 Å². The van der Waals surface area contributed by atoms with Gasteiger partial charge in [-0.25, -0.2) is 0 Å². The van der Waals surface area contributed by atoms with Crippen LogP contribution in [0.15, 0.2) is 146 Å². The van der Waals surface area contributed by atoms with E-state index in [2.05, 4.69) is 148 Å². The maximum absolute atomic E-state index is 12.3. The topological polar surface area (TPSA) is 72.8 Å². The highest BCUT2D eigenvalue weighted by Gasteiger charge is 2.16. The lowest BCUT2D eigenvalue weighted by Crippen LogP contribution is -2.28. The molecule has 0 aromatic rings. The van der Waals surface area contributed by atoms with Crippen molar-refractivity contribution in [2.24, 2.45) is 0 Å². The van der Waals surface area contributed by atoms with Crippen molar-refractivity contribution >= 4 is 11.9 Å². The molecule has 0 aliphatic heterocycles. The van der Waals surface area contributed by atoms with Gasteiger partial charge in [0.2, 0.25) is 0 Å². The number of hydrogen-bond donors (Lipinski definition) is 1. The van der Waals surface area contributed by atoms with Crippen LogP contribution in [0.4, 0.5) is 0 Å². The minimum absolute atomic E-state index is 0.111. The van der Waals surface area contributed by atoms with Gasteiger partial charge < -0.3 is 14.6 Å². The Bertz CT molecular complexity index is 1580. The number of esters is 2. The number of ether oxygens (including phenoxy) is 2. The predicted molar refractivity (Wildman–Crippen MR) is 324 cm³/mol. The minimum atomic E-state index is -0.811. The molecule has 0 aliphatic carbocycles. The van der Waals surface area contributed by atoms with Crippen LogP contribution in [0.25, 0.3) is 0 Å². The molecular weight excluding hydrogens is 909 g/mol. The summed E-state index contributed by atoms with van der Waals surface area (Å²) < 4.78 is 10.6. The summed E-state index contributed by atoms with van der Waals surface area (Å²) >= 11 is 0. The SMILES string of the molecule is CC/C=C\C/C=C\C/C=C\C/C=C\C/C=C\C/C=C\CCCCCCCCCCCCCCCCCCCCCCCCC(=O)OC(CO)COC(=O)CC/C=C\C/C=C\C/C=C\C/C=C\C/C=C\C/C=C\CC. The van der Waals surface area contributed by atoms with E-state index in [1.807, 2.05) is 12.2 Å². The van der Waals surface area contributed by atoms with Crippen molar-refractivity contribution in [3.63, 3.8) is 0 Å². The molecule has 74 heavy (non-hydrogen) atoms. The first-order valence-electron chi connectivity index (χ1n) is 30.4. The van der Waals surface area contributed by atoms with Gasteiger partial charge in [0, 0.05) is 12.8 Å². The quantitative estimate of drug-likeness (QED) is 0.0373. The average Bonchev–Trinajstić information content (AvgIpc) is 3.40. The van der Waals surface area contributed by atoms with Gasteiger partial charge in [0.15, 0.2) is 6.10 Å². The van der Waals surface area contributed by atoms with Crippen LogP contribution in [0.3, 0.4) is 0 Å². The number of hydrogen-bond acceptors (Lipinski definition) is 5. The zero-order chi connectivity index (χ0) is 53.4. The maximum Gasteiger partial charge on any atom is 0.306 e. The fourth-order valence-corrected chi connectivity index (χ4v) is 8.17. The molecule has 0 heterocycles. The molecule has 0 aromatic heterocycles. The Labute approximate surface area is 457 Å². The van der Waals surface area contributed by atoms with Gasteiger partial charge in [0.1, 0.15) is 6.61 Å². The number of aliphatic hydroxyl groups excluding tert-OH is 1. The molecule has 0 aliphatic rings. The van der Waals surface area contributed by atoms with E-state index in [4.69, 9.17) is 9.47 Å². The van der Waals surface area contributed by atoms with Crippen molar-refractivity contribution < 1.29 is 24.2 Å². The molecule has 0 saturated carbocycles. The van der Waals surface area contributed by atoms with Gasteiger partial charge in [0.05, 0.1) is 6.61 Å². The van der Waals surface area contributed by atoms with E-state index in [1.165, 1.54) is 128 Å². The highest BCUT2D eigenvalue weighted by atomic mass is 16.6. The Morgan fingerprint density at radius 3 is 0.865 bits per heavy atom. The largest absolute Gasteiger partial charge is 0.462 e. The number of carbonyl (C=O) groups is 2. The Morgan fingerprint density at radius 2 is 0.568 bits per heavy atom. The summed E-state index contributed by atoms with van der Waals surface area (Å²) in [5.74, 6) is -0.689. The predicted octanol–water partition coefficient (Wildman–Crippen LogP) is 21.0. The number of unbranched alkanes of at least 4 members (excludes halogenated alkanes) is 22. The molecular formula is C69H112O5. The van der Waals surface area contributed by atoms with E-state index in [1.54, 1.807) is 0 Å². The zero-order valence-corrected chi connectivity index (χ0v) is 47.8. The molecule has 0 rings (SSSR count). The smallest absolute Gasteiger partial charge is 0.306 e. The molecule has 418 valence electrons. The van der Waals surface area contributed by atoms with Crippen molar-refractivity contribution in [1.29, 1.82) is 0 Å². The monoisotopic (exact) mass is 1020 g/mol. The number of rotatable bonds is 54. The summed E-state index contributed by atoms with van der Waals surface area (Å²) in [6.07, 6.45) is 95.8. The Balaban J connectivity index is 3.51. The summed E-state index contributed by atoms with van der Waals surface area (Å²) in [4.78, 5) is 24.5. The van der Waals surface area contributed by atoms with Crippen LogP contribution >= 0.6 is 0 Å². The second-order valence-electron chi connectivity index (χ2n) is 19.7. The average molecular weight is 1020 g/mol. The number of carbonyl (C=O) groups excluding carboxylic acids is 2. The van der Waals surface area contributed by atoms with Crippen LogP contribution in [0.1, 0.15) is 258 Å². The highest BCUT2D eigenvalue weighted by Crippen LogP contribution is 2.16. The van der Waals surface area contributed by atoms with Crippen LogP contribution in [0.2, 0.25) is 0 Å². The summed E-state index contributed by atoms with van der Waals surface area (Å²) in [7, 11) is 0. The third kappa shape index (κ3) is 60.3. The molecule has 0 radical (unpaired) electrons. The Hall–Kier alpha value is -4.22. The summed E-state index contributed by atoms with van der Waals surface area (Å²) in [6, 6.07) is 0. The minimum Gasteiger partial charge on any atom is -0.462 e.